The average molecular weight is 261 g/mol. The van der Waals surface area contributed by atoms with Crippen LogP contribution in [0.1, 0.15) is 45.7 Å². The highest BCUT2D eigenvalue weighted by Crippen LogP contribution is 2.20. The van der Waals surface area contributed by atoms with Crippen molar-refractivity contribution in [1.82, 2.24) is 5.32 Å². The van der Waals surface area contributed by atoms with Crippen LogP contribution < -0.4 is 5.32 Å². The fourth-order valence-electron chi connectivity index (χ4n) is 1.74. The highest BCUT2D eigenvalue weighted by molar-refractivity contribution is 5.68. The van der Waals surface area contributed by atoms with E-state index < -0.39 is 11.7 Å². The molecule has 0 fully saturated rings. The Hall–Kier alpha value is -1.77. The first-order chi connectivity index (χ1) is 8.78. The summed E-state index contributed by atoms with van der Waals surface area (Å²) in [5.41, 5.74) is 1.58. The van der Waals surface area contributed by atoms with E-state index in [-0.39, 0.29) is 6.04 Å². The van der Waals surface area contributed by atoms with Gasteiger partial charge in [0.2, 0.25) is 0 Å². The molecule has 0 radical (unpaired) electrons. The van der Waals surface area contributed by atoms with Gasteiger partial charge in [0, 0.05) is 0 Å². The van der Waals surface area contributed by atoms with E-state index in [2.05, 4.69) is 11.9 Å². The van der Waals surface area contributed by atoms with Crippen molar-refractivity contribution < 1.29 is 9.53 Å². The first kappa shape index (κ1) is 15.3. The van der Waals surface area contributed by atoms with Crippen LogP contribution in [-0.2, 0) is 4.74 Å². The molecule has 1 aromatic rings. The van der Waals surface area contributed by atoms with Crippen LogP contribution in [0.15, 0.2) is 42.5 Å². The summed E-state index contributed by atoms with van der Waals surface area (Å²) in [6.07, 6.45) is 0.297. The van der Waals surface area contributed by atoms with Gasteiger partial charge >= 0.3 is 6.09 Å². The van der Waals surface area contributed by atoms with Gasteiger partial charge in [-0.05, 0) is 39.7 Å². The van der Waals surface area contributed by atoms with Gasteiger partial charge in [0.25, 0.3) is 0 Å². The minimum atomic E-state index is -0.492. The number of carbonyl (C=O) groups excluding carboxylic acids is 1. The zero-order valence-corrected chi connectivity index (χ0v) is 12.2. The Morgan fingerprint density at radius 2 is 1.89 bits per heavy atom. The maximum absolute atomic E-state index is 11.9. The van der Waals surface area contributed by atoms with Crippen molar-refractivity contribution in [3.8, 4) is 0 Å². The normalized spacial score (nSPS) is 12.6. The lowest BCUT2D eigenvalue weighted by molar-refractivity contribution is 0.0503. The molecule has 0 aliphatic rings. The fourth-order valence-corrected chi connectivity index (χ4v) is 1.74. The molecule has 0 heterocycles. The van der Waals surface area contributed by atoms with Crippen molar-refractivity contribution in [3.05, 3.63) is 48.0 Å². The van der Waals surface area contributed by atoms with Crippen molar-refractivity contribution in [1.29, 1.82) is 0 Å². The third-order valence-corrected chi connectivity index (χ3v) is 2.45. The summed E-state index contributed by atoms with van der Waals surface area (Å²) in [6, 6.07) is 9.74. The van der Waals surface area contributed by atoms with E-state index in [9.17, 15) is 4.79 Å². The molecular formula is C16H23NO2. The second-order valence-corrected chi connectivity index (χ2v) is 5.77. The predicted molar refractivity (Wildman–Crippen MR) is 78.0 cm³/mol. The molecule has 0 aliphatic carbocycles. The van der Waals surface area contributed by atoms with Crippen LogP contribution in [0.3, 0.4) is 0 Å². The third-order valence-electron chi connectivity index (χ3n) is 2.45. The lowest BCUT2D eigenvalue weighted by atomic mass is 10.0. The number of amides is 1. The molecule has 0 aromatic heterocycles. The van der Waals surface area contributed by atoms with Crippen LogP contribution in [-0.4, -0.2) is 11.7 Å². The van der Waals surface area contributed by atoms with E-state index in [4.69, 9.17) is 4.74 Å². The first-order valence-electron chi connectivity index (χ1n) is 6.47. The fraction of sp³-hybridized carbons (Fsp3) is 0.438. The lowest BCUT2D eigenvalue weighted by Gasteiger charge is -2.24. The molecule has 0 saturated carbocycles. The zero-order valence-electron chi connectivity index (χ0n) is 12.2. The van der Waals surface area contributed by atoms with Gasteiger partial charge in [-0.15, -0.1) is 6.58 Å². The number of hydrogen-bond acceptors (Lipinski definition) is 2. The summed E-state index contributed by atoms with van der Waals surface area (Å²) >= 11 is 0. The summed E-state index contributed by atoms with van der Waals surface area (Å²) in [7, 11) is 0. The van der Waals surface area contributed by atoms with Gasteiger partial charge in [-0.1, -0.05) is 35.9 Å². The molecule has 3 heteroatoms. The minimum Gasteiger partial charge on any atom is -0.444 e. The molecule has 1 atom stereocenters. The second-order valence-electron chi connectivity index (χ2n) is 5.77. The summed E-state index contributed by atoms with van der Waals surface area (Å²) in [6.45, 7) is 11.4. The monoisotopic (exact) mass is 261 g/mol. The Kier molecular flexibility index (Phi) is 5.16. The number of ether oxygens (including phenoxy) is 1. The van der Waals surface area contributed by atoms with E-state index in [1.807, 2.05) is 58.0 Å². The van der Waals surface area contributed by atoms with Gasteiger partial charge in [-0.3, -0.25) is 0 Å². The highest BCUT2D eigenvalue weighted by atomic mass is 16.6. The Morgan fingerprint density at radius 3 is 2.37 bits per heavy atom. The van der Waals surface area contributed by atoms with Gasteiger partial charge in [-0.2, -0.15) is 0 Å². The van der Waals surface area contributed by atoms with E-state index in [1.165, 1.54) is 0 Å². The third kappa shape index (κ3) is 6.09. The Bertz CT molecular complexity index is 432. The van der Waals surface area contributed by atoms with Crippen LogP contribution in [0.4, 0.5) is 4.79 Å². The molecule has 1 unspecified atom stereocenters. The first-order valence-corrected chi connectivity index (χ1v) is 6.47. The summed E-state index contributed by atoms with van der Waals surface area (Å²) in [5, 5.41) is 2.90. The van der Waals surface area contributed by atoms with Crippen molar-refractivity contribution in [2.75, 3.05) is 0 Å². The van der Waals surface area contributed by atoms with Crippen LogP contribution >= 0.6 is 0 Å². The molecule has 3 nitrogen and oxygen atoms in total. The van der Waals surface area contributed by atoms with E-state index >= 15 is 0 Å². The Labute approximate surface area is 115 Å². The zero-order chi connectivity index (χ0) is 14.5. The van der Waals surface area contributed by atoms with Gasteiger partial charge in [0.05, 0.1) is 6.04 Å². The minimum absolute atomic E-state index is 0.103. The number of benzene rings is 1. The molecule has 1 aromatic carbocycles. The van der Waals surface area contributed by atoms with Gasteiger partial charge < -0.3 is 10.1 Å². The molecule has 1 rings (SSSR count). The smallest absolute Gasteiger partial charge is 0.408 e. The van der Waals surface area contributed by atoms with Crippen LogP contribution in [0, 0.1) is 0 Å². The Morgan fingerprint density at radius 1 is 1.32 bits per heavy atom. The second kappa shape index (κ2) is 6.41. The standard InChI is InChI=1S/C16H23NO2/c1-12(2)11-14(13-9-7-6-8-10-13)17-15(18)19-16(3,4)5/h6-10,14H,1,11H2,2-5H3,(H,17,18). The quantitative estimate of drug-likeness (QED) is 0.824. The number of hydrogen-bond donors (Lipinski definition) is 1. The van der Waals surface area contributed by atoms with E-state index in [0.29, 0.717) is 6.42 Å². The van der Waals surface area contributed by atoms with Crippen molar-refractivity contribution in [3.63, 3.8) is 0 Å². The SMILES string of the molecule is C=C(C)CC(NC(=O)OC(C)(C)C)c1ccccc1. The molecule has 0 bridgehead atoms. The molecular weight excluding hydrogens is 238 g/mol. The number of carbonyl (C=O) groups is 1. The van der Waals surface area contributed by atoms with Crippen LogP contribution in [0.5, 0.6) is 0 Å². The summed E-state index contributed by atoms with van der Waals surface area (Å²) < 4.78 is 5.29. The van der Waals surface area contributed by atoms with Crippen molar-refractivity contribution in [2.45, 2.75) is 45.8 Å². The molecule has 0 aliphatic heterocycles. The molecule has 1 N–H and O–H groups in total. The maximum atomic E-state index is 11.9. The lowest BCUT2D eigenvalue weighted by Crippen LogP contribution is -2.35. The average Bonchev–Trinajstić information content (AvgIpc) is 2.26. The summed E-state index contributed by atoms with van der Waals surface area (Å²) in [5.74, 6) is 0. The van der Waals surface area contributed by atoms with Gasteiger partial charge in [-0.25, -0.2) is 4.79 Å². The Balaban J connectivity index is 2.76. The highest BCUT2D eigenvalue weighted by Gasteiger charge is 2.20. The van der Waals surface area contributed by atoms with Gasteiger partial charge in [0.1, 0.15) is 5.60 Å². The molecule has 0 saturated heterocycles. The largest absolute Gasteiger partial charge is 0.444 e. The predicted octanol–water partition coefficient (Wildman–Crippen LogP) is 4.22. The van der Waals surface area contributed by atoms with E-state index in [0.717, 1.165) is 11.1 Å². The van der Waals surface area contributed by atoms with E-state index in [1.54, 1.807) is 0 Å². The van der Waals surface area contributed by atoms with Crippen LogP contribution in [0.2, 0.25) is 0 Å². The topological polar surface area (TPSA) is 38.3 Å². The molecule has 0 spiro atoms. The van der Waals surface area contributed by atoms with Gasteiger partial charge in [0.15, 0.2) is 0 Å². The molecule has 104 valence electrons. The summed E-state index contributed by atoms with van der Waals surface area (Å²) in [4.78, 5) is 11.9. The van der Waals surface area contributed by atoms with Crippen molar-refractivity contribution in [2.24, 2.45) is 0 Å². The molecule has 19 heavy (non-hydrogen) atoms. The number of nitrogens with one attached hydrogen (secondary N) is 1. The molecule has 1 amide bonds. The number of rotatable bonds is 4. The van der Waals surface area contributed by atoms with Crippen molar-refractivity contribution >= 4 is 6.09 Å². The maximum Gasteiger partial charge on any atom is 0.408 e. The number of alkyl carbamates (subject to hydrolysis) is 1. The van der Waals surface area contributed by atoms with Crippen LogP contribution in [0.25, 0.3) is 0 Å².